The molecule has 0 radical (unpaired) electrons. The first-order valence-electron chi connectivity index (χ1n) is 14.2. The van der Waals surface area contributed by atoms with Crippen LogP contribution in [0.1, 0.15) is 0 Å². The van der Waals surface area contributed by atoms with E-state index in [0.29, 0.717) is 30.3 Å². The van der Waals surface area contributed by atoms with Crippen LogP contribution in [0.3, 0.4) is 0 Å². The molecule has 1 heterocycles. The van der Waals surface area contributed by atoms with Gasteiger partial charge in [0.25, 0.3) is 50.6 Å². The minimum absolute atomic E-state index is 0.0595. The SMILES string of the molecule is Nc1nc(Cl)nc(Nc2ccc(S(=O)(=O)O)c(N=Nc3c(S(=O)(=O)O)cc4cc(S(=O)(=O)O)c(N=Nc5cc(S(=O)(=O)O)ccc5S(=O)(=O)O)c(N)c4c3O)c2)[nH+]1. The molecule has 0 saturated heterocycles. The molecule has 0 aliphatic rings. The Morgan fingerprint density at radius 1 is 0.614 bits per heavy atom. The predicted molar refractivity (Wildman–Crippen MR) is 192 cm³/mol. The number of hydrogen-bond acceptors (Lipinski definition) is 20. The van der Waals surface area contributed by atoms with Crippen LogP contribution < -0.4 is 21.8 Å². The number of aromatic amines is 1. The lowest BCUT2D eigenvalue weighted by Crippen LogP contribution is -2.19. The van der Waals surface area contributed by atoms with E-state index in [4.69, 9.17) is 23.1 Å². The number of rotatable bonds is 11. The zero-order chi connectivity index (χ0) is 42.6. The lowest BCUT2D eigenvalue weighted by atomic mass is 10.1. The highest BCUT2D eigenvalue weighted by atomic mass is 35.5. The van der Waals surface area contributed by atoms with E-state index in [1.54, 1.807) is 0 Å². The number of fused-ring (bicyclic) bond motifs is 1. The van der Waals surface area contributed by atoms with Gasteiger partial charge < -0.3 is 16.6 Å². The van der Waals surface area contributed by atoms with Gasteiger partial charge >= 0.3 is 17.2 Å². The Hall–Kier alpha value is -5.61. The molecule has 12 N–H and O–H groups in total. The molecule has 302 valence electrons. The van der Waals surface area contributed by atoms with Crippen molar-refractivity contribution in [3.8, 4) is 5.75 Å². The summed E-state index contributed by atoms with van der Waals surface area (Å²) in [4.78, 5) is 4.20. The first-order chi connectivity index (χ1) is 26.1. The van der Waals surface area contributed by atoms with Gasteiger partial charge in [0, 0.05) is 0 Å². The number of halogens is 1. The summed E-state index contributed by atoms with van der Waals surface area (Å²) in [5, 5.41) is 26.2. The summed E-state index contributed by atoms with van der Waals surface area (Å²) in [7, 11) is -26.3. The highest BCUT2D eigenvalue weighted by molar-refractivity contribution is 7.87. The molecule has 0 aliphatic carbocycles. The van der Waals surface area contributed by atoms with E-state index in [1.807, 2.05) is 0 Å². The number of azo groups is 2. The summed E-state index contributed by atoms with van der Waals surface area (Å²) in [6.07, 6.45) is 0. The van der Waals surface area contributed by atoms with Gasteiger partial charge in [0.1, 0.15) is 42.3 Å². The number of nitrogens with zero attached hydrogens (tertiary/aromatic N) is 6. The Bertz CT molecular complexity index is 3170. The van der Waals surface area contributed by atoms with Gasteiger partial charge in [-0.25, -0.2) is 4.98 Å². The predicted octanol–water partition coefficient (Wildman–Crippen LogP) is 2.78. The van der Waals surface area contributed by atoms with Crippen molar-refractivity contribution in [3.05, 3.63) is 53.8 Å². The number of aromatic hydroxyl groups is 1. The number of anilines is 4. The Labute approximate surface area is 323 Å². The van der Waals surface area contributed by atoms with Crippen molar-refractivity contribution in [1.29, 1.82) is 0 Å². The molecule has 0 bridgehead atoms. The lowest BCUT2D eigenvalue weighted by Gasteiger charge is -2.14. The molecule has 0 amide bonds. The number of nitrogens with one attached hydrogen (secondary N) is 2. The van der Waals surface area contributed by atoms with Gasteiger partial charge in [-0.05, 0) is 65.5 Å². The fourth-order valence-electron chi connectivity index (χ4n) is 4.75. The maximum atomic E-state index is 12.5. The molecule has 5 aromatic rings. The minimum atomic E-state index is -5.48. The monoisotopic (exact) mass is 911 g/mol. The molecular weight excluding hydrogens is 892 g/mol. The van der Waals surface area contributed by atoms with Crippen LogP contribution in [0, 0.1) is 0 Å². The van der Waals surface area contributed by atoms with Crippen LogP contribution in [0.2, 0.25) is 5.28 Å². The normalized spacial score (nSPS) is 13.2. The number of hydrogen-bond donors (Lipinski definition) is 9. The van der Waals surface area contributed by atoms with Crippen LogP contribution in [-0.4, -0.2) is 79.9 Å². The molecule has 0 fully saturated rings. The van der Waals surface area contributed by atoms with Crippen molar-refractivity contribution in [1.82, 2.24) is 9.97 Å². The summed E-state index contributed by atoms with van der Waals surface area (Å²) in [6, 6.07) is 5.09. The number of nitrogens with two attached hydrogens (primary N) is 2. The first kappa shape index (κ1) is 42.5. The second-order valence-corrected chi connectivity index (χ2v) is 18.2. The van der Waals surface area contributed by atoms with Crippen LogP contribution in [0.25, 0.3) is 10.8 Å². The molecule has 57 heavy (non-hydrogen) atoms. The third-order valence-corrected chi connectivity index (χ3v) is 11.6. The van der Waals surface area contributed by atoms with Crippen LogP contribution in [0.15, 0.2) is 93.5 Å². The summed E-state index contributed by atoms with van der Waals surface area (Å²) in [6.45, 7) is 0. The molecule has 0 spiro atoms. The third kappa shape index (κ3) is 9.34. The third-order valence-electron chi connectivity index (χ3n) is 7.05. The summed E-state index contributed by atoms with van der Waals surface area (Å²) >= 11 is 5.78. The average Bonchev–Trinajstić information content (AvgIpc) is 3.04. The minimum Gasteiger partial charge on any atom is -0.505 e. The number of H-pyrrole nitrogens is 1. The molecule has 0 aliphatic heterocycles. The Morgan fingerprint density at radius 3 is 1.61 bits per heavy atom. The number of nitrogen functional groups attached to an aromatic ring is 2. The Balaban J connectivity index is 1.78. The van der Waals surface area contributed by atoms with E-state index in [-0.39, 0.29) is 22.9 Å². The van der Waals surface area contributed by atoms with Gasteiger partial charge in [-0.2, -0.15) is 42.1 Å². The fraction of sp³-hybridized carbons (Fsp3) is 0. The van der Waals surface area contributed by atoms with E-state index >= 15 is 0 Å². The van der Waals surface area contributed by atoms with Gasteiger partial charge in [-0.3, -0.25) is 28.1 Å². The summed E-state index contributed by atoms with van der Waals surface area (Å²) < 4.78 is 170. The molecule has 32 heteroatoms. The van der Waals surface area contributed by atoms with E-state index in [2.05, 4.69) is 40.7 Å². The molecule has 5 rings (SSSR count). The molecule has 1 aromatic heterocycles. The van der Waals surface area contributed by atoms with Crippen LogP contribution >= 0.6 is 11.6 Å². The van der Waals surface area contributed by atoms with Crippen molar-refractivity contribution < 1.29 is 74.9 Å². The standard InChI is InChI=1S/C25H19ClN10O16S5/c26-23-30-24(28)32-25(31-23)29-10-1-3-14(54(41,42)43)12(7-10)33-36-21-17(57(50,51)52)6-9-5-16(56(47,48)49)20(19(27)18(9)22(21)37)35-34-13-8-11(53(38,39)40)2-4-15(13)55(44,45)46/h1-8,37H,27H2,(H,38,39,40)(H,41,42,43)(H,44,45,46)(H,47,48,49)(H,50,51,52)(H3,28,29,30,31,32)/p+1. The topological polar surface area (TPSA) is 446 Å². The number of phenolic OH excluding ortho intramolecular Hbond substituents is 1. The molecule has 0 saturated carbocycles. The van der Waals surface area contributed by atoms with Crippen LogP contribution in [0.4, 0.5) is 46.0 Å². The van der Waals surface area contributed by atoms with Gasteiger partial charge in [0.15, 0.2) is 5.75 Å². The Morgan fingerprint density at radius 2 is 1.11 bits per heavy atom. The van der Waals surface area contributed by atoms with Gasteiger partial charge in [0.2, 0.25) is 0 Å². The van der Waals surface area contributed by atoms with Crippen molar-refractivity contribution in [2.75, 3.05) is 16.8 Å². The smallest absolute Gasteiger partial charge is 0.326 e. The maximum Gasteiger partial charge on any atom is 0.326 e. The molecule has 4 aromatic carbocycles. The van der Waals surface area contributed by atoms with Crippen LogP contribution in [-0.2, 0) is 50.6 Å². The quantitative estimate of drug-likeness (QED) is 0.0522. The van der Waals surface area contributed by atoms with E-state index < -0.39 is 120 Å². The van der Waals surface area contributed by atoms with Crippen molar-refractivity contribution in [3.63, 3.8) is 0 Å². The van der Waals surface area contributed by atoms with Gasteiger partial charge in [0.05, 0.1) is 21.7 Å². The highest BCUT2D eigenvalue weighted by Crippen LogP contribution is 2.48. The Kier molecular flexibility index (Phi) is 11.0. The average molecular weight is 912 g/mol. The molecule has 0 unspecified atom stereocenters. The van der Waals surface area contributed by atoms with Crippen molar-refractivity contribution in [2.24, 2.45) is 20.5 Å². The molecule has 26 nitrogen and oxygen atoms in total. The van der Waals surface area contributed by atoms with E-state index in [1.165, 1.54) is 0 Å². The summed E-state index contributed by atoms with van der Waals surface area (Å²) in [5.74, 6) is -1.71. The largest absolute Gasteiger partial charge is 0.505 e. The van der Waals surface area contributed by atoms with E-state index in [0.717, 1.165) is 18.2 Å². The van der Waals surface area contributed by atoms with E-state index in [9.17, 15) is 70.0 Å². The number of benzene rings is 4. The second-order valence-electron chi connectivity index (χ2n) is 10.9. The van der Waals surface area contributed by atoms with Crippen molar-refractivity contribution >= 4 is 119 Å². The van der Waals surface area contributed by atoms with Crippen molar-refractivity contribution in [2.45, 2.75) is 24.5 Å². The molecular formula is C25H20ClN10O16S5+. The lowest BCUT2D eigenvalue weighted by molar-refractivity contribution is -0.351. The number of aromatic nitrogens is 3. The van der Waals surface area contributed by atoms with Gasteiger partial charge in [-0.1, -0.05) is 9.97 Å². The zero-order valence-electron chi connectivity index (χ0n) is 27.1. The molecule has 0 atom stereocenters. The number of phenols is 1. The highest BCUT2D eigenvalue weighted by Gasteiger charge is 2.29. The summed E-state index contributed by atoms with van der Waals surface area (Å²) in [5.41, 5.74) is 6.45. The fourth-order valence-corrected chi connectivity index (χ4v) is 7.96. The van der Waals surface area contributed by atoms with Crippen LogP contribution in [0.5, 0.6) is 5.75 Å². The first-order valence-corrected chi connectivity index (χ1v) is 21.7. The second kappa shape index (κ2) is 14.7. The maximum absolute atomic E-state index is 12.5. The van der Waals surface area contributed by atoms with Gasteiger partial charge in [-0.15, -0.1) is 20.5 Å². The zero-order valence-corrected chi connectivity index (χ0v) is 32.0.